The normalized spacial score (nSPS) is 15.9. The number of rotatable bonds is 5. The highest BCUT2D eigenvalue weighted by atomic mass is 35.5. The fourth-order valence-electron chi connectivity index (χ4n) is 2.80. The Kier molecular flexibility index (Phi) is 5.39. The van der Waals surface area contributed by atoms with Crippen molar-refractivity contribution in [2.75, 3.05) is 5.75 Å². The second-order valence-corrected chi connectivity index (χ2v) is 8.35. The maximum atomic E-state index is 12.3. The van der Waals surface area contributed by atoms with Crippen LogP contribution in [0.15, 0.2) is 33.9 Å². The molecule has 1 aliphatic carbocycles. The van der Waals surface area contributed by atoms with Crippen LogP contribution in [0.2, 0.25) is 5.02 Å². The number of hydrogen-bond donors (Lipinski definition) is 1. The van der Waals surface area contributed by atoms with Crippen molar-refractivity contribution in [1.82, 2.24) is 15.5 Å². The molecule has 9 heteroatoms. The summed E-state index contributed by atoms with van der Waals surface area (Å²) in [6.45, 7) is 0. The maximum absolute atomic E-state index is 12.3. The van der Waals surface area contributed by atoms with Gasteiger partial charge >= 0.3 is 5.22 Å². The monoisotopic (exact) mass is 383 g/mol. The Morgan fingerprint density at radius 3 is 2.52 bits per heavy atom. The Morgan fingerprint density at radius 2 is 1.84 bits per heavy atom. The zero-order chi connectivity index (χ0) is 17.9. The molecule has 0 atom stereocenters. The number of amides is 1. The van der Waals surface area contributed by atoms with Crippen LogP contribution in [0.25, 0.3) is 11.5 Å². The molecule has 1 aliphatic rings. The molecule has 0 unspecified atom stereocenters. The Bertz CT molecular complexity index is 843. The summed E-state index contributed by atoms with van der Waals surface area (Å²) in [5.41, 5.74) is 0.546. The van der Waals surface area contributed by atoms with Crippen LogP contribution in [0.3, 0.4) is 0 Å². The van der Waals surface area contributed by atoms with Crippen molar-refractivity contribution in [1.29, 1.82) is 0 Å². The largest absolute Gasteiger partial charge is 0.408 e. The standard InChI is InChI=1S/C16H18ClN3O4S/c17-12-8-6-11(7-9-12)15-19-20-16(24-15)25(22,23)10-14(21)18-13-4-2-1-3-5-13/h6-9,13H,1-5,10H2,(H,18,21). The van der Waals surface area contributed by atoms with Crippen LogP contribution < -0.4 is 5.32 Å². The Hall–Kier alpha value is -1.93. The van der Waals surface area contributed by atoms with E-state index in [1.807, 2.05) is 0 Å². The molecule has 2 aromatic rings. The van der Waals surface area contributed by atoms with Gasteiger partial charge in [-0.2, -0.15) is 0 Å². The van der Waals surface area contributed by atoms with Gasteiger partial charge in [-0.3, -0.25) is 4.79 Å². The van der Waals surface area contributed by atoms with Crippen molar-refractivity contribution < 1.29 is 17.6 Å². The summed E-state index contributed by atoms with van der Waals surface area (Å²) < 4.78 is 29.8. The summed E-state index contributed by atoms with van der Waals surface area (Å²) in [6.07, 6.45) is 5.01. The smallest absolute Gasteiger partial charge is 0.336 e. The summed E-state index contributed by atoms with van der Waals surface area (Å²) in [5, 5.41) is 10.0. The number of benzene rings is 1. The fraction of sp³-hybridized carbons (Fsp3) is 0.438. The van der Waals surface area contributed by atoms with Gasteiger partial charge in [0.2, 0.25) is 21.6 Å². The third-order valence-electron chi connectivity index (χ3n) is 4.06. The number of carbonyl (C=O) groups is 1. The second-order valence-electron chi connectivity index (χ2n) is 6.04. The number of hydrogen-bond acceptors (Lipinski definition) is 6. The maximum Gasteiger partial charge on any atom is 0.336 e. The first kappa shape index (κ1) is 17.9. The van der Waals surface area contributed by atoms with Gasteiger partial charge < -0.3 is 9.73 Å². The van der Waals surface area contributed by atoms with E-state index in [1.165, 1.54) is 0 Å². The van der Waals surface area contributed by atoms with Crippen LogP contribution in [0.5, 0.6) is 0 Å². The van der Waals surface area contributed by atoms with Gasteiger partial charge in [-0.25, -0.2) is 8.42 Å². The Balaban J connectivity index is 1.67. The van der Waals surface area contributed by atoms with Crippen molar-refractivity contribution in [2.45, 2.75) is 43.4 Å². The predicted molar refractivity (Wildman–Crippen MR) is 91.8 cm³/mol. The lowest BCUT2D eigenvalue weighted by Gasteiger charge is -2.22. The van der Waals surface area contributed by atoms with Crippen molar-refractivity contribution in [3.63, 3.8) is 0 Å². The van der Waals surface area contributed by atoms with E-state index in [0.717, 1.165) is 32.1 Å². The molecule has 0 spiro atoms. The lowest BCUT2D eigenvalue weighted by atomic mass is 9.95. The molecule has 1 amide bonds. The van der Waals surface area contributed by atoms with Crippen molar-refractivity contribution in [2.24, 2.45) is 0 Å². The Morgan fingerprint density at radius 1 is 1.16 bits per heavy atom. The molecule has 3 rings (SSSR count). The average molecular weight is 384 g/mol. The van der Waals surface area contributed by atoms with Crippen LogP contribution in [-0.2, 0) is 14.6 Å². The van der Waals surface area contributed by atoms with Gasteiger partial charge in [0, 0.05) is 16.6 Å². The number of halogens is 1. The van der Waals surface area contributed by atoms with Gasteiger partial charge in [0.25, 0.3) is 0 Å². The zero-order valence-corrected chi connectivity index (χ0v) is 15.0. The molecular weight excluding hydrogens is 366 g/mol. The first-order valence-electron chi connectivity index (χ1n) is 8.05. The lowest BCUT2D eigenvalue weighted by molar-refractivity contribution is -0.119. The summed E-state index contributed by atoms with van der Waals surface area (Å²) >= 11 is 5.81. The van der Waals surface area contributed by atoms with E-state index in [-0.39, 0.29) is 11.9 Å². The summed E-state index contributed by atoms with van der Waals surface area (Å²) in [4.78, 5) is 12.0. The van der Waals surface area contributed by atoms with Gasteiger partial charge in [0.05, 0.1) is 0 Å². The molecule has 1 N–H and O–H groups in total. The number of aromatic nitrogens is 2. The van der Waals surface area contributed by atoms with Crippen molar-refractivity contribution >= 4 is 27.3 Å². The third-order valence-corrected chi connectivity index (χ3v) is 5.65. The predicted octanol–water partition coefficient (Wildman–Crippen LogP) is 2.61. The van der Waals surface area contributed by atoms with Crippen LogP contribution in [0, 0.1) is 0 Å². The highest BCUT2D eigenvalue weighted by Crippen LogP contribution is 2.22. The topological polar surface area (TPSA) is 102 Å². The molecule has 1 aromatic carbocycles. The van der Waals surface area contributed by atoms with E-state index < -0.39 is 26.7 Å². The minimum absolute atomic E-state index is 0.0452. The summed E-state index contributed by atoms with van der Waals surface area (Å²) in [6, 6.07) is 6.59. The van der Waals surface area contributed by atoms with Crippen LogP contribution in [-0.4, -0.2) is 36.3 Å². The van der Waals surface area contributed by atoms with E-state index in [0.29, 0.717) is 10.6 Å². The number of nitrogens with one attached hydrogen (secondary N) is 1. The van der Waals surface area contributed by atoms with Gasteiger partial charge in [0.15, 0.2) is 0 Å². The van der Waals surface area contributed by atoms with Gasteiger partial charge in [-0.05, 0) is 37.1 Å². The SMILES string of the molecule is O=C(CS(=O)(=O)c1nnc(-c2ccc(Cl)cc2)o1)NC1CCCCC1. The van der Waals surface area contributed by atoms with Gasteiger partial charge in [0.1, 0.15) is 5.75 Å². The average Bonchev–Trinajstić information content (AvgIpc) is 3.07. The third kappa shape index (κ3) is 4.58. The summed E-state index contributed by atoms with van der Waals surface area (Å²) in [5.74, 6) is -1.19. The van der Waals surface area contributed by atoms with Gasteiger partial charge in [-0.1, -0.05) is 36.0 Å². The molecule has 0 bridgehead atoms. The molecule has 1 fully saturated rings. The molecule has 1 aromatic heterocycles. The first-order valence-corrected chi connectivity index (χ1v) is 10.1. The molecule has 134 valence electrons. The number of sulfone groups is 1. The van der Waals surface area contributed by atoms with E-state index in [2.05, 4.69) is 15.5 Å². The van der Waals surface area contributed by atoms with Crippen LogP contribution >= 0.6 is 11.6 Å². The molecule has 25 heavy (non-hydrogen) atoms. The van der Waals surface area contributed by atoms with Crippen LogP contribution in [0.4, 0.5) is 0 Å². The minimum Gasteiger partial charge on any atom is -0.408 e. The Labute approximate surface area is 150 Å². The number of carbonyl (C=O) groups excluding carboxylic acids is 1. The first-order chi connectivity index (χ1) is 11.9. The lowest BCUT2D eigenvalue weighted by Crippen LogP contribution is -2.39. The van der Waals surface area contributed by atoms with E-state index in [4.69, 9.17) is 16.0 Å². The minimum atomic E-state index is -3.98. The van der Waals surface area contributed by atoms with E-state index in [9.17, 15) is 13.2 Å². The van der Waals surface area contributed by atoms with Crippen molar-refractivity contribution in [3.05, 3.63) is 29.3 Å². The fourth-order valence-corrected chi connectivity index (χ4v) is 3.84. The zero-order valence-electron chi connectivity index (χ0n) is 13.4. The quantitative estimate of drug-likeness (QED) is 0.851. The van der Waals surface area contributed by atoms with Gasteiger partial charge in [-0.15, -0.1) is 5.10 Å². The highest BCUT2D eigenvalue weighted by molar-refractivity contribution is 7.91. The molecule has 0 saturated heterocycles. The number of nitrogens with zero attached hydrogens (tertiary/aromatic N) is 2. The van der Waals surface area contributed by atoms with E-state index in [1.54, 1.807) is 24.3 Å². The second kappa shape index (κ2) is 7.53. The molecule has 0 radical (unpaired) electrons. The molecule has 0 aliphatic heterocycles. The highest BCUT2D eigenvalue weighted by Gasteiger charge is 2.27. The molecule has 1 saturated carbocycles. The molecule has 7 nitrogen and oxygen atoms in total. The molecular formula is C16H18ClN3O4S. The van der Waals surface area contributed by atoms with Crippen LogP contribution in [0.1, 0.15) is 32.1 Å². The van der Waals surface area contributed by atoms with E-state index >= 15 is 0 Å². The van der Waals surface area contributed by atoms with Crippen molar-refractivity contribution in [3.8, 4) is 11.5 Å². The summed E-state index contributed by atoms with van der Waals surface area (Å²) in [7, 11) is -3.98. The molecule has 1 heterocycles.